The minimum atomic E-state index is -4.10. The molecule has 94 valence electrons. The molecule has 0 saturated heterocycles. The van der Waals surface area contributed by atoms with Crippen LogP contribution in [0.2, 0.25) is 0 Å². The zero-order valence-corrected chi connectivity index (χ0v) is 11.4. The minimum absolute atomic E-state index is 0.215. The molecular weight excluding hydrogens is 303 g/mol. The summed E-state index contributed by atoms with van der Waals surface area (Å²) < 4.78 is 25.0. The van der Waals surface area contributed by atoms with Crippen LogP contribution in [0.3, 0.4) is 0 Å². The number of ether oxygens (including phenoxy) is 1. The molecule has 6 nitrogen and oxygen atoms in total. The number of carbonyl (C=O) groups excluding carboxylic acids is 1. The van der Waals surface area contributed by atoms with E-state index < -0.39 is 26.0 Å². The summed E-state index contributed by atoms with van der Waals surface area (Å²) >= 11 is 3.08. The van der Waals surface area contributed by atoms with Gasteiger partial charge in [-0.3, -0.25) is 9.05 Å². The van der Waals surface area contributed by atoms with Gasteiger partial charge in [0, 0.05) is 18.5 Å². The van der Waals surface area contributed by atoms with Crippen LogP contribution >= 0.6 is 23.8 Å². The smallest absolute Gasteiger partial charge is 0.457 e. The second-order valence-corrected chi connectivity index (χ2v) is 4.96. The van der Waals surface area contributed by atoms with Crippen LogP contribution in [-0.2, 0) is 23.1 Å². The van der Waals surface area contributed by atoms with Crippen molar-refractivity contribution in [1.82, 2.24) is 0 Å². The molecular formula is C8H14BrO6P. The lowest BCUT2D eigenvalue weighted by Crippen LogP contribution is -2.31. The molecule has 1 N–H and O–H groups in total. The average molecular weight is 317 g/mol. The highest BCUT2D eigenvalue weighted by Gasteiger charge is 2.29. The number of hydrogen-bond acceptors (Lipinski definition) is 5. The summed E-state index contributed by atoms with van der Waals surface area (Å²) in [6.07, 6.45) is -0.503. The van der Waals surface area contributed by atoms with Crippen molar-refractivity contribution in [2.24, 2.45) is 0 Å². The predicted octanol–water partition coefficient (Wildman–Crippen LogP) is 1.63. The number of esters is 1. The van der Waals surface area contributed by atoms with Crippen molar-refractivity contribution in [1.29, 1.82) is 0 Å². The highest BCUT2D eigenvalue weighted by Crippen LogP contribution is 2.44. The van der Waals surface area contributed by atoms with E-state index in [1.54, 1.807) is 0 Å². The third-order valence-corrected chi connectivity index (χ3v) is 3.28. The number of hydrogen-bond donors (Lipinski definition) is 1. The molecule has 3 atom stereocenters. The molecule has 0 aliphatic carbocycles. The van der Waals surface area contributed by atoms with Gasteiger partial charge in [-0.2, -0.15) is 0 Å². The van der Waals surface area contributed by atoms with Crippen LogP contribution < -0.4 is 0 Å². The van der Waals surface area contributed by atoms with Crippen molar-refractivity contribution in [3.8, 4) is 0 Å². The van der Waals surface area contributed by atoms with Crippen molar-refractivity contribution in [3.05, 3.63) is 12.7 Å². The first-order valence-electron chi connectivity index (χ1n) is 4.32. The van der Waals surface area contributed by atoms with Gasteiger partial charge in [0.2, 0.25) is 0 Å². The van der Waals surface area contributed by atoms with Crippen LogP contribution in [0.25, 0.3) is 0 Å². The second kappa shape index (κ2) is 7.19. The lowest BCUT2D eigenvalue weighted by molar-refractivity contribution is -0.146. The van der Waals surface area contributed by atoms with Crippen molar-refractivity contribution in [2.45, 2.75) is 19.1 Å². The average Bonchev–Trinajstić information content (AvgIpc) is 2.25. The fourth-order valence-corrected chi connectivity index (χ4v) is 2.30. The highest BCUT2D eigenvalue weighted by atomic mass is 79.9. The summed E-state index contributed by atoms with van der Waals surface area (Å²) in [6, 6.07) is 0. The van der Waals surface area contributed by atoms with E-state index in [1.165, 1.54) is 6.92 Å². The number of carbonyl (C=O) groups is 1. The topological polar surface area (TPSA) is 82.1 Å². The van der Waals surface area contributed by atoms with Gasteiger partial charge >= 0.3 is 13.8 Å². The quantitative estimate of drug-likeness (QED) is 0.333. The molecule has 0 bridgehead atoms. The van der Waals surface area contributed by atoms with E-state index in [4.69, 9.17) is 14.2 Å². The molecule has 0 aliphatic rings. The Kier molecular flexibility index (Phi) is 7.10. The van der Waals surface area contributed by atoms with Crippen LogP contribution in [0, 0.1) is 0 Å². The Morgan fingerprint density at radius 1 is 1.69 bits per heavy atom. The number of rotatable bonds is 7. The van der Waals surface area contributed by atoms with E-state index in [0.717, 1.165) is 13.2 Å². The SMILES string of the molecule is C=CC(=O)OC(C)C(CBr)OP(=O)(O)OC. The molecule has 0 saturated carbocycles. The van der Waals surface area contributed by atoms with E-state index >= 15 is 0 Å². The normalized spacial score (nSPS) is 18.2. The fourth-order valence-electron chi connectivity index (χ4n) is 0.761. The third kappa shape index (κ3) is 5.77. The van der Waals surface area contributed by atoms with E-state index in [-0.39, 0.29) is 5.33 Å². The lowest BCUT2D eigenvalue weighted by Gasteiger charge is -2.23. The van der Waals surface area contributed by atoms with Gasteiger partial charge in [0.05, 0.1) is 0 Å². The minimum Gasteiger partial charge on any atom is -0.457 e. The van der Waals surface area contributed by atoms with Crippen LogP contribution in [0.5, 0.6) is 0 Å². The molecule has 0 amide bonds. The fraction of sp³-hybridized carbons (Fsp3) is 0.625. The zero-order valence-electron chi connectivity index (χ0n) is 8.96. The first-order valence-corrected chi connectivity index (χ1v) is 6.94. The maximum Gasteiger partial charge on any atom is 0.472 e. The molecule has 0 aliphatic heterocycles. The van der Waals surface area contributed by atoms with Crippen LogP contribution in [-0.4, -0.2) is 35.5 Å². The molecule has 0 spiro atoms. The molecule has 0 rings (SSSR count). The Morgan fingerprint density at radius 3 is 2.62 bits per heavy atom. The predicted molar refractivity (Wildman–Crippen MR) is 61.3 cm³/mol. The molecule has 0 heterocycles. The molecule has 0 fully saturated rings. The number of phosphoric acid groups is 1. The molecule has 8 heteroatoms. The van der Waals surface area contributed by atoms with Crippen LogP contribution in [0.4, 0.5) is 0 Å². The van der Waals surface area contributed by atoms with Crippen molar-refractivity contribution < 1.29 is 28.0 Å². The summed E-state index contributed by atoms with van der Waals surface area (Å²) in [5.41, 5.74) is 0. The maximum absolute atomic E-state index is 11.1. The monoisotopic (exact) mass is 316 g/mol. The molecule has 3 unspecified atom stereocenters. The standard InChI is InChI=1S/C8H14BrO6P/c1-4-8(10)14-6(2)7(5-9)15-16(11,12)13-3/h4,6-7H,1,5H2,2-3H3,(H,11,12). The summed E-state index contributed by atoms with van der Waals surface area (Å²) in [4.78, 5) is 20.0. The Bertz CT molecular complexity index is 294. The maximum atomic E-state index is 11.1. The number of alkyl halides is 1. The van der Waals surface area contributed by atoms with Crippen molar-refractivity contribution >= 4 is 29.7 Å². The zero-order chi connectivity index (χ0) is 12.8. The first-order chi connectivity index (χ1) is 7.36. The van der Waals surface area contributed by atoms with Crippen molar-refractivity contribution in [2.75, 3.05) is 12.4 Å². The summed E-state index contributed by atoms with van der Waals surface area (Å²) in [6.45, 7) is 4.76. The van der Waals surface area contributed by atoms with Gasteiger partial charge < -0.3 is 9.63 Å². The van der Waals surface area contributed by atoms with E-state index in [9.17, 15) is 9.36 Å². The highest BCUT2D eigenvalue weighted by molar-refractivity contribution is 9.09. The van der Waals surface area contributed by atoms with Gasteiger partial charge in [-0.05, 0) is 6.92 Å². The Morgan fingerprint density at radius 2 is 2.25 bits per heavy atom. The molecule has 16 heavy (non-hydrogen) atoms. The van der Waals surface area contributed by atoms with Crippen LogP contribution in [0.1, 0.15) is 6.92 Å². The Hall–Kier alpha value is -0.200. The largest absolute Gasteiger partial charge is 0.472 e. The van der Waals surface area contributed by atoms with Gasteiger partial charge in [0.1, 0.15) is 12.2 Å². The van der Waals surface area contributed by atoms with E-state index in [2.05, 4.69) is 27.0 Å². The van der Waals surface area contributed by atoms with Gasteiger partial charge in [0.15, 0.2) is 0 Å². The van der Waals surface area contributed by atoms with Gasteiger partial charge in [-0.25, -0.2) is 9.36 Å². The first kappa shape index (κ1) is 15.8. The Labute approximate surface area is 102 Å². The second-order valence-electron chi connectivity index (χ2n) is 2.80. The Balaban J connectivity index is 4.43. The number of phosphoric ester groups is 1. The summed E-state index contributed by atoms with van der Waals surface area (Å²) in [7, 11) is -3.05. The third-order valence-electron chi connectivity index (χ3n) is 1.64. The molecule has 0 aromatic rings. The van der Waals surface area contributed by atoms with Gasteiger partial charge in [0.25, 0.3) is 0 Å². The van der Waals surface area contributed by atoms with E-state index in [1.807, 2.05) is 0 Å². The number of halogens is 1. The summed E-state index contributed by atoms with van der Waals surface area (Å²) in [5.74, 6) is -0.632. The van der Waals surface area contributed by atoms with Crippen LogP contribution in [0.15, 0.2) is 12.7 Å². The molecule has 0 radical (unpaired) electrons. The molecule has 0 aromatic carbocycles. The van der Waals surface area contributed by atoms with Gasteiger partial charge in [-0.1, -0.05) is 22.5 Å². The molecule has 0 aromatic heterocycles. The lowest BCUT2D eigenvalue weighted by atomic mass is 10.2. The van der Waals surface area contributed by atoms with Gasteiger partial charge in [-0.15, -0.1) is 0 Å². The summed E-state index contributed by atoms with van der Waals surface area (Å²) in [5, 5.41) is 0.215. The van der Waals surface area contributed by atoms with E-state index in [0.29, 0.717) is 0 Å². The van der Waals surface area contributed by atoms with Crippen molar-refractivity contribution in [3.63, 3.8) is 0 Å².